The number of carbonyl (C=O) groups is 1. The van der Waals surface area contributed by atoms with Gasteiger partial charge < -0.3 is 14.8 Å². The van der Waals surface area contributed by atoms with E-state index in [9.17, 15) is 10.1 Å². The minimum atomic E-state index is -0.498. The van der Waals surface area contributed by atoms with Crippen molar-refractivity contribution >= 4 is 45.2 Å². The van der Waals surface area contributed by atoms with Crippen LogP contribution in [-0.4, -0.2) is 12.5 Å². The summed E-state index contributed by atoms with van der Waals surface area (Å²) in [6.07, 6.45) is 1.51. The molecule has 1 N–H and O–H groups in total. The Labute approximate surface area is 200 Å². The van der Waals surface area contributed by atoms with E-state index < -0.39 is 5.91 Å². The lowest BCUT2D eigenvalue weighted by molar-refractivity contribution is -0.112. The maximum Gasteiger partial charge on any atom is 0.266 e. The van der Waals surface area contributed by atoms with Crippen LogP contribution >= 0.6 is 27.5 Å². The zero-order chi connectivity index (χ0) is 22.9. The maximum absolute atomic E-state index is 12.5. The summed E-state index contributed by atoms with van der Waals surface area (Å²) in [6, 6.07) is 21.8. The molecule has 0 aliphatic rings. The van der Waals surface area contributed by atoms with Crippen molar-refractivity contribution < 1.29 is 14.3 Å². The third-order valence-electron chi connectivity index (χ3n) is 4.37. The summed E-state index contributed by atoms with van der Waals surface area (Å²) >= 11 is 9.55. The van der Waals surface area contributed by atoms with Gasteiger partial charge in [0.25, 0.3) is 5.91 Å². The van der Waals surface area contributed by atoms with Crippen molar-refractivity contribution in [1.82, 2.24) is 0 Å². The molecule has 0 heterocycles. The first-order valence-electron chi connectivity index (χ1n) is 9.82. The number of rotatable bonds is 8. The molecule has 3 aromatic carbocycles. The summed E-state index contributed by atoms with van der Waals surface area (Å²) in [6.45, 7) is 2.59. The lowest BCUT2D eigenvalue weighted by atomic mass is 10.1. The molecule has 0 radical (unpaired) electrons. The minimum Gasteiger partial charge on any atom is -0.490 e. The normalized spacial score (nSPS) is 10.9. The summed E-state index contributed by atoms with van der Waals surface area (Å²) < 4.78 is 12.4. The number of hydrogen-bond acceptors (Lipinski definition) is 4. The molecule has 3 aromatic rings. The lowest BCUT2D eigenvalue weighted by Crippen LogP contribution is -2.13. The monoisotopic (exact) mass is 510 g/mol. The van der Waals surface area contributed by atoms with Gasteiger partial charge in [0.1, 0.15) is 18.2 Å². The molecule has 0 saturated heterocycles. The van der Waals surface area contributed by atoms with Gasteiger partial charge >= 0.3 is 0 Å². The van der Waals surface area contributed by atoms with Gasteiger partial charge in [-0.3, -0.25) is 4.79 Å². The van der Waals surface area contributed by atoms with Crippen molar-refractivity contribution in [2.45, 2.75) is 13.5 Å². The molecule has 0 aliphatic heterocycles. The van der Waals surface area contributed by atoms with E-state index >= 15 is 0 Å². The molecular formula is C25H20BrClN2O3. The van der Waals surface area contributed by atoms with E-state index in [1.807, 2.05) is 37.3 Å². The second-order valence-electron chi connectivity index (χ2n) is 6.65. The third-order valence-corrected chi connectivity index (χ3v) is 5.23. The topological polar surface area (TPSA) is 71.3 Å². The van der Waals surface area contributed by atoms with Gasteiger partial charge in [-0.2, -0.15) is 5.26 Å². The Balaban J connectivity index is 1.79. The number of nitrogens with zero attached hydrogens (tertiary/aromatic N) is 1. The number of nitrogens with one attached hydrogen (secondary N) is 1. The van der Waals surface area contributed by atoms with Gasteiger partial charge in [-0.25, -0.2) is 0 Å². The standard InChI is InChI=1S/C25H20BrClN2O3/c1-2-31-24-13-17(10-11-23(24)32-16-18-6-3-4-9-22(18)27)12-19(15-28)25(30)29-21-8-5-7-20(26)14-21/h3-14H,2,16H2,1H3,(H,29,30)/b19-12-. The second-order valence-corrected chi connectivity index (χ2v) is 7.98. The number of amides is 1. The number of hydrogen-bond donors (Lipinski definition) is 1. The molecule has 0 aromatic heterocycles. The highest BCUT2D eigenvalue weighted by atomic mass is 79.9. The quantitative estimate of drug-likeness (QED) is 0.272. The first-order valence-corrected chi connectivity index (χ1v) is 11.0. The van der Waals surface area contributed by atoms with E-state index in [4.69, 9.17) is 21.1 Å². The minimum absolute atomic E-state index is 0.0304. The van der Waals surface area contributed by atoms with E-state index in [1.54, 1.807) is 42.5 Å². The van der Waals surface area contributed by atoms with Crippen LogP contribution in [0.4, 0.5) is 5.69 Å². The van der Waals surface area contributed by atoms with E-state index in [1.165, 1.54) is 6.08 Å². The molecule has 0 fully saturated rings. The Morgan fingerprint density at radius 3 is 2.62 bits per heavy atom. The molecule has 0 spiro atoms. The maximum atomic E-state index is 12.5. The summed E-state index contributed by atoms with van der Waals surface area (Å²) in [5.41, 5.74) is 2.05. The summed E-state index contributed by atoms with van der Waals surface area (Å²) in [7, 11) is 0. The van der Waals surface area contributed by atoms with Gasteiger partial charge in [-0.15, -0.1) is 0 Å². The Hall–Kier alpha value is -3.27. The van der Waals surface area contributed by atoms with Crippen LogP contribution in [-0.2, 0) is 11.4 Å². The van der Waals surface area contributed by atoms with Crippen molar-refractivity contribution in [3.8, 4) is 17.6 Å². The highest BCUT2D eigenvalue weighted by Gasteiger charge is 2.12. The molecule has 0 bridgehead atoms. The van der Waals surface area contributed by atoms with E-state index in [-0.39, 0.29) is 12.2 Å². The van der Waals surface area contributed by atoms with Crippen LogP contribution < -0.4 is 14.8 Å². The second kappa shape index (κ2) is 11.4. The third kappa shape index (κ3) is 6.36. The number of halogens is 2. The predicted octanol–water partition coefficient (Wildman–Crippen LogP) is 6.63. The molecular weight excluding hydrogens is 492 g/mol. The molecule has 7 heteroatoms. The summed E-state index contributed by atoms with van der Waals surface area (Å²) in [4.78, 5) is 12.5. The van der Waals surface area contributed by atoms with Crippen LogP contribution in [0.5, 0.6) is 11.5 Å². The number of benzene rings is 3. The molecule has 0 unspecified atom stereocenters. The average Bonchev–Trinajstić information content (AvgIpc) is 2.78. The predicted molar refractivity (Wildman–Crippen MR) is 130 cm³/mol. The Morgan fingerprint density at radius 1 is 1.09 bits per heavy atom. The summed E-state index contributed by atoms with van der Waals surface area (Å²) in [5.74, 6) is 0.557. The Kier molecular flexibility index (Phi) is 8.32. The molecule has 0 saturated carbocycles. The van der Waals surface area contributed by atoms with Crippen LogP contribution in [0.1, 0.15) is 18.1 Å². The fraction of sp³-hybridized carbons (Fsp3) is 0.120. The molecule has 0 atom stereocenters. The van der Waals surface area contributed by atoms with E-state index in [2.05, 4.69) is 21.2 Å². The number of nitriles is 1. The van der Waals surface area contributed by atoms with Crippen LogP contribution in [0.3, 0.4) is 0 Å². The van der Waals surface area contributed by atoms with Gasteiger partial charge in [-0.1, -0.05) is 57.9 Å². The highest BCUT2D eigenvalue weighted by Crippen LogP contribution is 2.31. The van der Waals surface area contributed by atoms with Crippen molar-refractivity contribution in [2.24, 2.45) is 0 Å². The zero-order valence-corrected chi connectivity index (χ0v) is 19.6. The first kappa shape index (κ1) is 23.4. The largest absolute Gasteiger partial charge is 0.490 e. The van der Waals surface area contributed by atoms with Crippen LogP contribution in [0.2, 0.25) is 5.02 Å². The first-order chi connectivity index (χ1) is 15.5. The fourth-order valence-electron chi connectivity index (χ4n) is 2.85. The van der Waals surface area contributed by atoms with Gasteiger partial charge in [0.05, 0.1) is 6.61 Å². The van der Waals surface area contributed by atoms with Crippen molar-refractivity contribution in [2.75, 3.05) is 11.9 Å². The molecule has 0 aliphatic carbocycles. The number of ether oxygens (including phenoxy) is 2. The summed E-state index contributed by atoms with van der Waals surface area (Å²) in [5, 5.41) is 12.8. The fourth-order valence-corrected chi connectivity index (χ4v) is 3.44. The van der Waals surface area contributed by atoms with Crippen molar-refractivity contribution in [1.29, 1.82) is 5.26 Å². The number of anilines is 1. The van der Waals surface area contributed by atoms with Gasteiger partial charge in [0.15, 0.2) is 11.5 Å². The van der Waals surface area contributed by atoms with Crippen molar-refractivity contribution in [3.05, 3.63) is 92.9 Å². The average molecular weight is 512 g/mol. The lowest BCUT2D eigenvalue weighted by Gasteiger charge is -2.13. The zero-order valence-electron chi connectivity index (χ0n) is 17.3. The van der Waals surface area contributed by atoms with Crippen LogP contribution in [0.25, 0.3) is 6.08 Å². The Bertz CT molecular complexity index is 1190. The molecule has 162 valence electrons. The van der Waals surface area contributed by atoms with E-state index in [0.717, 1.165) is 10.0 Å². The molecule has 3 rings (SSSR count). The smallest absolute Gasteiger partial charge is 0.266 e. The molecule has 1 amide bonds. The SMILES string of the molecule is CCOc1cc(/C=C(/C#N)C(=O)Nc2cccc(Br)c2)ccc1OCc1ccccc1Cl. The van der Waals surface area contributed by atoms with Gasteiger partial charge in [0, 0.05) is 20.7 Å². The highest BCUT2D eigenvalue weighted by molar-refractivity contribution is 9.10. The van der Waals surface area contributed by atoms with Gasteiger partial charge in [-0.05, 0) is 55.0 Å². The van der Waals surface area contributed by atoms with Crippen LogP contribution in [0, 0.1) is 11.3 Å². The van der Waals surface area contributed by atoms with Gasteiger partial charge in [0.2, 0.25) is 0 Å². The Morgan fingerprint density at radius 2 is 1.91 bits per heavy atom. The van der Waals surface area contributed by atoms with Crippen LogP contribution in [0.15, 0.2) is 76.8 Å². The van der Waals surface area contributed by atoms with E-state index in [0.29, 0.717) is 34.4 Å². The van der Waals surface area contributed by atoms with Crippen molar-refractivity contribution in [3.63, 3.8) is 0 Å². The molecule has 5 nitrogen and oxygen atoms in total. The molecule has 32 heavy (non-hydrogen) atoms. The number of carbonyl (C=O) groups excluding carboxylic acids is 1.